The molecule has 102 heavy (non-hydrogen) atoms. The number of rotatable bonds is 67. The maximum absolute atomic E-state index is 13.5. The molecule has 12 N–H and O–H groups in total. The molecule has 3 saturated heterocycles. The molecule has 3 heterocycles. The molecule has 598 valence electrons. The number of hydrogen-bond donors (Lipinski definition) is 12. The summed E-state index contributed by atoms with van der Waals surface area (Å²) in [4.78, 5) is 13.5. The lowest BCUT2D eigenvalue weighted by atomic mass is 9.96. The summed E-state index contributed by atoms with van der Waals surface area (Å²) in [6, 6.07) is -0.997. The highest BCUT2D eigenvalue weighted by molar-refractivity contribution is 5.76. The van der Waals surface area contributed by atoms with Crippen LogP contribution in [0.3, 0.4) is 0 Å². The van der Waals surface area contributed by atoms with E-state index in [9.17, 15) is 61.0 Å². The van der Waals surface area contributed by atoms with Gasteiger partial charge in [0.05, 0.1) is 38.6 Å². The van der Waals surface area contributed by atoms with Crippen molar-refractivity contribution < 1.29 is 89.4 Å². The van der Waals surface area contributed by atoms with E-state index in [-0.39, 0.29) is 18.9 Å². The molecule has 3 aliphatic rings. The summed E-state index contributed by atoms with van der Waals surface area (Å²) in [6.07, 6.45) is 54.0. The van der Waals surface area contributed by atoms with E-state index in [0.29, 0.717) is 12.8 Å². The molecule has 17 atom stereocenters. The lowest BCUT2D eigenvalue weighted by molar-refractivity contribution is -0.379. The molecule has 0 aromatic rings. The van der Waals surface area contributed by atoms with E-state index in [1.165, 1.54) is 263 Å². The van der Waals surface area contributed by atoms with Crippen LogP contribution in [0.25, 0.3) is 0 Å². The van der Waals surface area contributed by atoms with Gasteiger partial charge in [0.15, 0.2) is 18.9 Å². The van der Waals surface area contributed by atoms with Crippen molar-refractivity contribution in [3.8, 4) is 0 Å². The Hall–Kier alpha value is -2.25. The maximum Gasteiger partial charge on any atom is 0.220 e. The third kappa shape index (κ3) is 43.1. The van der Waals surface area contributed by atoms with Crippen LogP contribution >= 0.6 is 0 Å². The van der Waals surface area contributed by atoms with Crippen LogP contribution in [-0.4, -0.2) is 193 Å². The summed E-state index contributed by atoms with van der Waals surface area (Å²) in [5.41, 5.74) is 0. The summed E-state index contributed by atoms with van der Waals surface area (Å²) in [6.45, 7) is 1.76. The van der Waals surface area contributed by atoms with Crippen LogP contribution in [0.4, 0.5) is 0 Å². The second kappa shape index (κ2) is 63.7. The Morgan fingerprint density at radius 1 is 0.343 bits per heavy atom. The minimum atomic E-state index is -1.98. The van der Waals surface area contributed by atoms with Crippen molar-refractivity contribution in [2.45, 2.75) is 446 Å². The number of aliphatic hydroxyl groups excluding tert-OH is 11. The number of hydrogen-bond acceptors (Lipinski definition) is 18. The normalized spacial score (nSPS) is 26.4. The van der Waals surface area contributed by atoms with Crippen molar-refractivity contribution in [2.24, 2.45) is 0 Å². The molecule has 19 nitrogen and oxygen atoms in total. The highest BCUT2D eigenvalue weighted by Gasteiger charge is 2.54. The fourth-order valence-corrected chi connectivity index (χ4v) is 14.1. The molecular formula is C83H153NO18. The molecule has 0 bridgehead atoms. The van der Waals surface area contributed by atoms with Crippen molar-refractivity contribution in [3.05, 3.63) is 48.6 Å². The van der Waals surface area contributed by atoms with E-state index in [2.05, 4.69) is 55.6 Å². The Balaban J connectivity index is 1.36. The third-order valence-electron chi connectivity index (χ3n) is 20.8. The number of carbonyl (C=O) groups is 1. The van der Waals surface area contributed by atoms with Crippen molar-refractivity contribution in [2.75, 3.05) is 26.4 Å². The molecule has 0 aliphatic carbocycles. The van der Waals surface area contributed by atoms with Gasteiger partial charge >= 0.3 is 0 Å². The second-order valence-electron chi connectivity index (χ2n) is 29.9. The van der Waals surface area contributed by atoms with Gasteiger partial charge in [-0.05, 0) is 70.6 Å². The number of carbonyl (C=O) groups excluding carboxylic acids is 1. The first-order chi connectivity index (χ1) is 49.8. The summed E-state index contributed by atoms with van der Waals surface area (Å²) < 4.78 is 34.4. The minimum Gasteiger partial charge on any atom is -0.394 e. The zero-order chi connectivity index (χ0) is 73.9. The minimum absolute atomic E-state index is 0.235. The summed E-state index contributed by atoms with van der Waals surface area (Å²) in [5.74, 6) is -0.284. The van der Waals surface area contributed by atoms with Crippen LogP contribution in [0.1, 0.15) is 341 Å². The fourth-order valence-electron chi connectivity index (χ4n) is 14.1. The van der Waals surface area contributed by atoms with Crippen LogP contribution in [0, 0.1) is 0 Å². The zero-order valence-electron chi connectivity index (χ0n) is 64.1. The number of ether oxygens (including phenoxy) is 6. The van der Waals surface area contributed by atoms with Crippen LogP contribution in [0.2, 0.25) is 0 Å². The second-order valence-corrected chi connectivity index (χ2v) is 29.9. The molecule has 0 spiro atoms. The molecule has 0 saturated carbocycles. The SMILES string of the molecule is CCCCCCCCCC/C=C\CCCCCCCCCCCCCCCCCCCCCCCC(=O)NC(COC1OC(CO)C(OC2OC(CO)C(OC3OC(CO)C(O)C(O)C3O)C(O)C2O)C(O)C1O)C(O)/C=C/CC/C=C/CC/C=C/CCCCCCCCCCCCCCCC. The van der Waals surface area contributed by atoms with E-state index in [1.807, 2.05) is 6.08 Å². The third-order valence-corrected chi connectivity index (χ3v) is 20.8. The smallest absolute Gasteiger partial charge is 0.220 e. The highest BCUT2D eigenvalue weighted by atomic mass is 16.8. The van der Waals surface area contributed by atoms with Crippen LogP contribution in [0.5, 0.6) is 0 Å². The van der Waals surface area contributed by atoms with E-state index in [0.717, 1.165) is 44.9 Å². The molecule has 3 fully saturated rings. The van der Waals surface area contributed by atoms with Gasteiger partial charge in [0.25, 0.3) is 0 Å². The molecule has 17 unspecified atom stereocenters. The van der Waals surface area contributed by atoms with Crippen molar-refractivity contribution in [3.63, 3.8) is 0 Å². The molecular weight excluding hydrogens is 1300 g/mol. The van der Waals surface area contributed by atoms with Gasteiger partial charge in [0.2, 0.25) is 5.91 Å². The Kier molecular flexibility index (Phi) is 58.6. The quantitative estimate of drug-likeness (QED) is 0.0199. The predicted octanol–water partition coefficient (Wildman–Crippen LogP) is 14.5. The number of nitrogens with one attached hydrogen (secondary N) is 1. The fraction of sp³-hybridized carbons (Fsp3) is 0.892. The summed E-state index contributed by atoms with van der Waals surface area (Å²) in [5, 5.41) is 121. The Labute approximate surface area is 618 Å². The molecule has 3 rings (SSSR count). The number of amides is 1. The first-order valence-electron chi connectivity index (χ1n) is 41.9. The van der Waals surface area contributed by atoms with Gasteiger partial charge < -0.3 is 89.9 Å². The molecule has 0 aromatic carbocycles. The highest BCUT2D eigenvalue weighted by Crippen LogP contribution is 2.33. The summed E-state index contributed by atoms with van der Waals surface area (Å²) >= 11 is 0. The van der Waals surface area contributed by atoms with Gasteiger partial charge in [-0.2, -0.15) is 0 Å². The number of unbranched alkanes of at least 4 members (excludes halogenated alkanes) is 45. The molecule has 1 amide bonds. The van der Waals surface area contributed by atoms with Crippen molar-refractivity contribution >= 4 is 5.91 Å². The Morgan fingerprint density at radius 2 is 0.627 bits per heavy atom. The molecule has 19 heteroatoms. The lowest BCUT2D eigenvalue weighted by Crippen LogP contribution is -2.66. The van der Waals surface area contributed by atoms with Crippen LogP contribution in [-0.2, 0) is 33.2 Å². The van der Waals surface area contributed by atoms with Crippen LogP contribution in [0.15, 0.2) is 48.6 Å². The Bertz CT molecular complexity index is 2030. The van der Waals surface area contributed by atoms with Crippen molar-refractivity contribution in [1.29, 1.82) is 0 Å². The van der Waals surface area contributed by atoms with Crippen LogP contribution < -0.4 is 5.32 Å². The van der Waals surface area contributed by atoms with Gasteiger partial charge in [-0.3, -0.25) is 4.79 Å². The largest absolute Gasteiger partial charge is 0.394 e. The van der Waals surface area contributed by atoms with E-state index < -0.39 is 124 Å². The molecule has 0 radical (unpaired) electrons. The monoisotopic (exact) mass is 1450 g/mol. The van der Waals surface area contributed by atoms with Gasteiger partial charge in [0, 0.05) is 6.42 Å². The average molecular weight is 1450 g/mol. The number of allylic oxidation sites excluding steroid dienone is 7. The van der Waals surface area contributed by atoms with E-state index in [4.69, 9.17) is 28.4 Å². The molecule has 0 aromatic heterocycles. The zero-order valence-corrected chi connectivity index (χ0v) is 64.1. The summed E-state index contributed by atoms with van der Waals surface area (Å²) in [7, 11) is 0. The van der Waals surface area contributed by atoms with Gasteiger partial charge in [-0.25, -0.2) is 0 Å². The first kappa shape index (κ1) is 94.0. The van der Waals surface area contributed by atoms with Gasteiger partial charge in [-0.1, -0.05) is 313 Å². The average Bonchev–Trinajstić information content (AvgIpc) is 0.781. The van der Waals surface area contributed by atoms with Gasteiger partial charge in [0.1, 0.15) is 73.2 Å². The van der Waals surface area contributed by atoms with E-state index in [1.54, 1.807) is 6.08 Å². The van der Waals surface area contributed by atoms with Crippen molar-refractivity contribution in [1.82, 2.24) is 5.32 Å². The lowest BCUT2D eigenvalue weighted by Gasteiger charge is -2.48. The predicted molar refractivity (Wildman–Crippen MR) is 406 cm³/mol. The maximum atomic E-state index is 13.5. The first-order valence-corrected chi connectivity index (χ1v) is 41.9. The standard InChI is InChI=1S/C83H153NO18/c1-3-5-7-9-11-13-15-17-19-21-23-25-27-29-30-31-32-33-34-35-36-37-39-41-43-45-47-49-51-53-55-57-59-61-71(89)84-66(67(88)60-58-56-54-52-50-48-46-44-42-40-38-28-26-24-22-20-18-16-14-12-10-8-6-4-2)65-97-81-77(95)74(92)79(69(63-86)99-81)102-83-78(96)75(93)80(70(64-87)100-83)101-82-76(94)73(91)72(90)68(62-85)98-82/h21,23,42,44,50,52,58,60,66-70,72-83,85-88,90-96H,3-20,22,24-41,43,45-49,51,53-57,59,61-65H2,1-2H3,(H,84,89)/b23-21-,44-42+,52-50+,60-58+. The van der Waals surface area contributed by atoms with Gasteiger partial charge in [-0.15, -0.1) is 0 Å². The Morgan fingerprint density at radius 3 is 0.980 bits per heavy atom. The topological polar surface area (TPSA) is 307 Å². The number of aliphatic hydroxyl groups is 11. The molecule has 3 aliphatic heterocycles. The van der Waals surface area contributed by atoms with E-state index >= 15 is 0 Å².